The maximum absolute atomic E-state index is 13.0. The Morgan fingerprint density at radius 3 is 2.57 bits per heavy atom. The average Bonchev–Trinajstić information content (AvgIpc) is 2.99. The Labute approximate surface area is 158 Å². The average molecular weight is 447 g/mol. The van der Waals surface area contributed by atoms with Crippen LogP contribution < -0.4 is 11.1 Å². The van der Waals surface area contributed by atoms with Gasteiger partial charge in [-0.2, -0.15) is 0 Å². The van der Waals surface area contributed by atoms with Crippen molar-refractivity contribution in [1.82, 2.24) is 5.32 Å². The molecule has 6 heteroatoms. The summed E-state index contributed by atoms with van der Waals surface area (Å²) in [6.45, 7) is 5.47. The van der Waals surface area contributed by atoms with Crippen LogP contribution in [-0.4, -0.2) is 19.0 Å². The first-order valence-electron chi connectivity index (χ1n) is 7.29. The number of nitrogens with one attached hydrogen (secondary N) is 1. The maximum Gasteiger partial charge on any atom is 0.188 e. The number of guanidine groups is 1. The van der Waals surface area contributed by atoms with E-state index in [0.717, 1.165) is 18.5 Å². The van der Waals surface area contributed by atoms with E-state index >= 15 is 0 Å². The highest BCUT2D eigenvalue weighted by Gasteiger charge is 2.20. The largest absolute Gasteiger partial charge is 0.370 e. The molecule has 3 nitrogen and oxygen atoms in total. The van der Waals surface area contributed by atoms with Gasteiger partial charge in [0, 0.05) is 16.8 Å². The Balaban J connectivity index is 0.00000264. The molecule has 23 heavy (non-hydrogen) atoms. The smallest absolute Gasteiger partial charge is 0.188 e. The maximum atomic E-state index is 13.0. The van der Waals surface area contributed by atoms with Crippen molar-refractivity contribution < 1.29 is 4.39 Å². The van der Waals surface area contributed by atoms with Gasteiger partial charge in [-0.05, 0) is 35.6 Å². The summed E-state index contributed by atoms with van der Waals surface area (Å²) in [7, 11) is 0. The number of rotatable bonds is 6. The van der Waals surface area contributed by atoms with Crippen LogP contribution in [0.2, 0.25) is 0 Å². The number of aliphatic imine (C=N–C) groups is 1. The van der Waals surface area contributed by atoms with E-state index in [-0.39, 0.29) is 35.2 Å². The number of nitrogens with zero attached hydrogens (tertiary/aromatic N) is 1. The Bertz CT molecular complexity index is 609. The molecule has 0 aliphatic heterocycles. The number of hydrogen-bond acceptors (Lipinski definition) is 2. The second-order valence-electron chi connectivity index (χ2n) is 5.85. The molecule has 0 atom stereocenters. The Hall–Kier alpha value is -1.15. The van der Waals surface area contributed by atoms with Gasteiger partial charge < -0.3 is 11.1 Å². The van der Waals surface area contributed by atoms with E-state index in [1.165, 1.54) is 17.0 Å². The molecule has 0 fully saturated rings. The second kappa shape index (κ2) is 9.22. The summed E-state index contributed by atoms with van der Waals surface area (Å²) in [5.41, 5.74) is 6.76. The number of nitrogens with two attached hydrogens (primary N) is 1. The minimum Gasteiger partial charge on any atom is -0.370 e. The molecular weight excluding hydrogens is 424 g/mol. The molecule has 0 saturated heterocycles. The van der Waals surface area contributed by atoms with Gasteiger partial charge in [-0.3, -0.25) is 4.99 Å². The molecule has 0 saturated carbocycles. The first-order valence-corrected chi connectivity index (χ1v) is 8.17. The van der Waals surface area contributed by atoms with Crippen LogP contribution in [-0.2, 0) is 11.8 Å². The van der Waals surface area contributed by atoms with Crippen molar-refractivity contribution in [1.29, 1.82) is 0 Å². The molecule has 0 spiro atoms. The van der Waals surface area contributed by atoms with Crippen LogP contribution in [0, 0.1) is 5.82 Å². The molecule has 2 aromatic rings. The summed E-state index contributed by atoms with van der Waals surface area (Å²) in [5, 5.41) is 5.20. The fourth-order valence-corrected chi connectivity index (χ4v) is 2.81. The lowest BCUT2D eigenvalue weighted by Crippen LogP contribution is -2.35. The Kier molecular flexibility index (Phi) is 7.98. The molecule has 1 aromatic carbocycles. The summed E-state index contributed by atoms with van der Waals surface area (Å²) in [6.07, 6.45) is 0.940. The summed E-state index contributed by atoms with van der Waals surface area (Å²) in [6, 6.07) is 10.7. The lowest BCUT2D eigenvalue weighted by atomic mass is 9.85. The number of thiophene rings is 1. The highest BCUT2D eigenvalue weighted by molar-refractivity contribution is 14.0. The first-order chi connectivity index (χ1) is 10.5. The topological polar surface area (TPSA) is 50.4 Å². The minimum atomic E-state index is -0.224. The van der Waals surface area contributed by atoms with Gasteiger partial charge in [-0.25, -0.2) is 4.39 Å². The molecule has 0 aliphatic carbocycles. The third-order valence-corrected chi connectivity index (χ3v) is 4.46. The summed E-state index contributed by atoms with van der Waals surface area (Å²) in [4.78, 5) is 5.73. The number of benzene rings is 1. The Morgan fingerprint density at radius 2 is 1.96 bits per heavy atom. The molecule has 0 aliphatic rings. The molecule has 0 amide bonds. The lowest BCUT2D eigenvalue weighted by Gasteiger charge is -2.23. The second-order valence-corrected chi connectivity index (χ2v) is 6.88. The quantitative estimate of drug-likeness (QED) is 0.401. The molecule has 126 valence electrons. The van der Waals surface area contributed by atoms with Crippen molar-refractivity contribution in [2.24, 2.45) is 10.7 Å². The van der Waals surface area contributed by atoms with E-state index in [0.29, 0.717) is 12.5 Å². The summed E-state index contributed by atoms with van der Waals surface area (Å²) in [5.74, 6) is 0.226. The van der Waals surface area contributed by atoms with E-state index in [2.05, 4.69) is 35.6 Å². The molecule has 3 N–H and O–H groups in total. The van der Waals surface area contributed by atoms with Crippen LogP contribution in [0.4, 0.5) is 4.39 Å². The molecular formula is C17H23FIN3S. The highest BCUT2D eigenvalue weighted by atomic mass is 127. The normalized spacial score (nSPS) is 11.9. The number of halogens is 2. The van der Waals surface area contributed by atoms with Crippen LogP contribution >= 0.6 is 35.3 Å². The van der Waals surface area contributed by atoms with Gasteiger partial charge in [0.15, 0.2) is 5.96 Å². The van der Waals surface area contributed by atoms with Gasteiger partial charge in [0.2, 0.25) is 0 Å². The lowest BCUT2D eigenvalue weighted by molar-refractivity contribution is 0.536. The third-order valence-electron chi connectivity index (χ3n) is 3.53. The number of hydrogen-bond donors (Lipinski definition) is 2. The summed E-state index contributed by atoms with van der Waals surface area (Å²) >= 11 is 1.74. The van der Waals surface area contributed by atoms with E-state index in [1.54, 1.807) is 23.5 Å². The highest BCUT2D eigenvalue weighted by Crippen LogP contribution is 2.23. The van der Waals surface area contributed by atoms with Gasteiger partial charge in [-0.15, -0.1) is 35.3 Å². The molecule has 2 rings (SSSR count). The zero-order valence-corrected chi connectivity index (χ0v) is 16.5. The van der Waals surface area contributed by atoms with E-state index in [4.69, 9.17) is 5.73 Å². The van der Waals surface area contributed by atoms with Gasteiger partial charge in [0.1, 0.15) is 5.82 Å². The van der Waals surface area contributed by atoms with Crippen LogP contribution in [0.15, 0.2) is 46.8 Å². The molecule has 0 bridgehead atoms. The van der Waals surface area contributed by atoms with Crippen molar-refractivity contribution in [3.63, 3.8) is 0 Å². The fourth-order valence-electron chi connectivity index (χ4n) is 2.10. The van der Waals surface area contributed by atoms with Crippen molar-refractivity contribution >= 4 is 41.3 Å². The van der Waals surface area contributed by atoms with Crippen LogP contribution in [0.25, 0.3) is 0 Å². The minimum absolute atomic E-state index is 0. The molecule has 1 aromatic heterocycles. The molecule has 0 radical (unpaired) electrons. The fraction of sp³-hybridized carbons (Fsp3) is 0.353. The SMILES string of the molecule is CC(C)(CN=C(N)NCCc1cccs1)c1ccc(F)cc1.I. The van der Waals surface area contributed by atoms with E-state index in [1.807, 2.05) is 6.07 Å². The first kappa shape index (κ1) is 19.9. The van der Waals surface area contributed by atoms with Crippen molar-refractivity contribution in [2.45, 2.75) is 25.7 Å². The molecule has 0 unspecified atom stereocenters. The standard InChI is InChI=1S/C17H22FN3S.HI/c1-17(2,13-5-7-14(18)8-6-13)12-21-16(19)20-10-9-15-4-3-11-22-15;/h3-8,11H,9-10,12H2,1-2H3,(H3,19,20,21);1H. The third kappa shape index (κ3) is 6.47. The van der Waals surface area contributed by atoms with Crippen LogP contribution in [0.1, 0.15) is 24.3 Å². The van der Waals surface area contributed by atoms with Crippen molar-refractivity contribution in [3.8, 4) is 0 Å². The zero-order valence-electron chi connectivity index (χ0n) is 13.4. The van der Waals surface area contributed by atoms with Gasteiger partial charge in [-0.1, -0.05) is 32.0 Å². The monoisotopic (exact) mass is 447 g/mol. The predicted octanol–water partition coefficient (Wildman–Crippen LogP) is 3.93. The van der Waals surface area contributed by atoms with Crippen LogP contribution in [0.3, 0.4) is 0 Å². The van der Waals surface area contributed by atoms with Crippen LogP contribution in [0.5, 0.6) is 0 Å². The zero-order chi connectivity index (χ0) is 16.0. The van der Waals surface area contributed by atoms with E-state index in [9.17, 15) is 4.39 Å². The Morgan fingerprint density at radius 1 is 1.26 bits per heavy atom. The summed E-state index contributed by atoms with van der Waals surface area (Å²) < 4.78 is 13.0. The molecule has 1 heterocycles. The van der Waals surface area contributed by atoms with Gasteiger partial charge >= 0.3 is 0 Å². The van der Waals surface area contributed by atoms with E-state index < -0.39 is 0 Å². The predicted molar refractivity (Wildman–Crippen MR) is 107 cm³/mol. The van der Waals surface area contributed by atoms with Gasteiger partial charge in [0.25, 0.3) is 0 Å². The van der Waals surface area contributed by atoms with Crippen molar-refractivity contribution in [2.75, 3.05) is 13.1 Å². The van der Waals surface area contributed by atoms with Crippen molar-refractivity contribution in [3.05, 3.63) is 58.0 Å². The van der Waals surface area contributed by atoms with Gasteiger partial charge in [0.05, 0.1) is 6.54 Å².